The van der Waals surface area contributed by atoms with Gasteiger partial charge in [0.2, 0.25) is 0 Å². The van der Waals surface area contributed by atoms with Crippen LogP contribution in [-0.4, -0.2) is 16.5 Å². The largest absolute Gasteiger partial charge is 0.431 e. The first-order chi connectivity index (χ1) is 7.40. The monoisotopic (exact) mass is 239 g/mol. The molecule has 2 nitrogen and oxygen atoms in total. The van der Waals surface area contributed by atoms with Crippen molar-refractivity contribution < 1.29 is 4.42 Å². The van der Waals surface area contributed by atoms with E-state index in [9.17, 15) is 0 Å². The van der Waals surface area contributed by atoms with E-state index in [-0.39, 0.29) is 0 Å². The predicted octanol–water partition coefficient (Wildman–Crippen LogP) is 3.63. The lowest BCUT2D eigenvalue weighted by Crippen LogP contribution is -1.81. The summed E-state index contributed by atoms with van der Waals surface area (Å²) < 4.78 is 5.58. The second kappa shape index (κ2) is 5.47. The quantitative estimate of drug-likeness (QED) is 0.490. The highest BCUT2D eigenvalue weighted by atomic mass is 32.2. The van der Waals surface area contributed by atoms with Crippen molar-refractivity contribution in [3.8, 4) is 0 Å². The molecule has 1 heterocycles. The molecule has 0 radical (unpaired) electrons. The molecule has 1 aromatic carbocycles. The highest BCUT2D eigenvalue weighted by Gasteiger charge is 2.04. The number of unbranched alkanes of at least 4 members (excludes halogenated alkanes) is 1. The Morgan fingerprint density at radius 1 is 1.27 bits per heavy atom. The number of fused-ring (bicyclic) bond motifs is 1. The molecule has 0 atom stereocenters. The molecule has 2 rings (SSSR count). The van der Waals surface area contributed by atoms with Crippen LogP contribution in [0, 0.1) is 0 Å². The zero-order valence-corrected chi connectivity index (χ0v) is 10.1. The summed E-state index contributed by atoms with van der Waals surface area (Å²) in [5, 5.41) is 0.773. The van der Waals surface area contributed by atoms with E-state index in [0.717, 1.165) is 40.7 Å². The van der Waals surface area contributed by atoms with Crippen LogP contribution in [0.4, 0.5) is 0 Å². The second-order valence-electron chi connectivity index (χ2n) is 3.23. The van der Waals surface area contributed by atoms with Crippen molar-refractivity contribution in [2.45, 2.75) is 18.1 Å². The molecule has 0 unspecified atom stereocenters. The Morgan fingerprint density at radius 2 is 2.13 bits per heavy atom. The predicted molar refractivity (Wildman–Crippen MR) is 67.8 cm³/mol. The fourth-order valence-electron chi connectivity index (χ4n) is 1.29. The van der Waals surface area contributed by atoms with Gasteiger partial charge >= 0.3 is 0 Å². The van der Waals surface area contributed by atoms with Crippen molar-refractivity contribution in [1.82, 2.24) is 4.98 Å². The van der Waals surface area contributed by atoms with E-state index < -0.39 is 0 Å². The molecule has 2 aromatic rings. The molecule has 80 valence electrons. The Labute approximate surface area is 98.9 Å². The molecule has 4 heteroatoms. The van der Waals surface area contributed by atoms with Gasteiger partial charge in [-0.2, -0.15) is 12.6 Å². The van der Waals surface area contributed by atoms with Crippen molar-refractivity contribution in [3.05, 3.63) is 24.3 Å². The van der Waals surface area contributed by atoms with Crippen LogP contribution < -0.4 is 0 Å². The maximum Gasteiger partial charge on any atom is 0.256 e. The Bertz CT molecular complexity index is 394. The van der Waals surface area contributed by atoms with Gasteiger partial charge in [-0.15, -0.1) is 0 Å². The smallest absolute Gasteiger partial charge is 0.256 e. The van der Waals surface area contributed by atoms with Crippen molar-refractivity contribution in [2.75, 3.05) is 11.5 Å². The zero-order chi connectivity index (χ0) is 10.5. The number of hydrogen-bond acceptors (Lipinski definition) is 4. The Hall–Kier alpha value is -0.610. The molecule has 15 heavy (non-hydrogen) atoms. The Morgan fingerprint density at radius 3 is 2.93 bits per heavy atom. The first kappa shape index (κ1) is 10.9. The number of benzene rings is 1. The molecule has 0 saturated heterocycles. The minimum Gasteiger partial charge on any atom is -0.431 e. The fourth-order valence-corrected chi connectivity index (χ4v) is 2.34. The minimum absolute atomic E-state index is 0.773. The van der Waals surface area contributed by atoms with Crippen LogP contribution in [0.3, 0.4) is 0 Å². The van der Waals surface area contributed by atoms with Gasteiger partial charge in [0.05, 0.1) is 0 Å². The molecule has 0 spiro atoms. The van der Waals surface area contributed by atoms with Crippen molar-refractivity contribution in [3.63, 3.8) is 0 Å². The van der Waals surface area contributed by atoms with Gasteiger partial charge in [0.25, 0.3) is 5.22 Å². The number of aromatic nitrogens is 1. The van der Waals surface area contributed by atoms with E-state index >= 15 is 0 Å². The number of hydrogen-bond donors (Lipinski definition) is 1. The topological polar surface area (TPSA) is 26.0 Å². The van der Waals surface area contributed by atoms with Gasteiger partial charge < -0.3 is 4.42 Å². The van der Waals surface area contributed by atoms with Crippen LogP contribution in [0.1, 0.15) is 12.8 Å². The van der Waals surface area contributed by atoms with Gasteiger partial charge in [0.15, 0.2) is 5.58 Å². The molecule has 1 aromatic heterocycles. The molecular formula is C11H13NOS2. The molecule has 0 bridgehead atoms. The lowest BCUT2D eigenvalue weighted by Gasteiger charge is -1.94. The third kappa shape index (κ3) is 2.92. The molecular weight excluding hydrogens is 226 g/mol. The van der Waals surface area contributed by atoms with Crippen LogP contribution in [0.15, 0.2) is 33.9 Å². The van der Waals surface area contributed by atoms with Gasteiger partial charge in [-0.1, -0.05) is 23.9 Å². The van der Waals surface area contributed by atoms with E-state index in [2.05, 4.69) is 17.6 Å². The highest BCUT2D eigenvalue weighted by molar-refractivity contribution is 7.99. The van der Waals surface area contributed by atoms with Crippen molar-refractivity contribution in [1.29, 1.82) is 0 Å². The van der Waals surface area contributed by atoms with Crippen LogP contribution >= 0.6 is 24.4 Å². The average molecular weight is 239 g/mol. The van der Waals surface area contributed by atoms with Crippen molar-refractivity contribution >= 4 is 35.5 Å². The second-order valence-corrected chi connectivity index (χ2v) is 4.72. The fraction of sp³-hybridized carbons (Fsp3) is 0.364. The summed E-state index contributed by atoms with van der Waals surface area (Å²) in [6.45, 7) is 0. The van der Waals surface area contributed by atoms with Gasteiger partial charge in [-0.3, -0.25) is 0 Å². The normalized spacial score (nSPS) is 11.0. The minimum atomic E-state index is 0.773. The lowest BCUT2D eigenvalue weighted by molar-refractivity contribution is 0.489. The molecule has 0 amide bonds. The standard InChI is InChI=1S/C11H13NOS2/c14-7-3-4-8-15-11-12-9-5-1-2-6-10(9)13-11/h1-2,5-6,14H,3-4,7-8H2. The summed E-state index contributed by atoms with van der Waals surface area (Å²) in [4.78, 5) is 4.39. The van der Waals surface area contributed by atoms with Crippen LogP contribution in [0.5, 0.6) is 0 Å². The van der Waals surface area contributed by atoms with Crippen molar-refractivity contribution in [2.24, 2.45) is 0 Å². The van der Waals surface area contributed by atoms with Gasteiger partial charge in [0, 0.05) is 5.75 Å². The zero-order valence-electron chi connectivity index (χ0n) is 8.35. The van der Waals surface area contributed by atoms with E-state index in [1.165, 1.54) is 0 Å². The maximum atomic E-state index is 5.58. The molecule has 0 fully saturated rings. The molecule has 0 aliphatic carbocycles. The summed E-state index contributed by atoms with van der Waals surface area (Å²) in [5.74, 6) is 2.00. The first-order valence-corrected chi connectivity index (χ1v) is 6.61. The summed E-state index contributed by atoms with van der Waals surface area (Å²) in [5.41, 5.74) is 1.81. The van der Waals surface area contributed by atoms with Gasteiger partial charge in [0.1, 0.15) is 5.52 Å². The Kier molecular flexibility index (Phi) is 3.97. The van der Waals surface area contributed by atoms with Crippen LogP contribution in [-0.2, 0) is 0 Å². The van der Waals surface area contributed by atoms with Gasteiger partial charge in [-0.05, 0) is 30.7 Å². The number of oxazole rings is 1. The van der Waals surface area contributed by atoms with E-state index in [0.29, 0.717) is 0 Å². The van der Waals surface area contributed by atoms with Gasteiger partial charge in [-0.25, -0.2) is 4.98 Å². The summed E-state index contributed by atoms with van der Waals surface area (Å²) in [7, 11) is 0. The third-order valence-corrected chi connectivity index (χ3v) is 3.28. The van der Waals surface area contributed by atoms with E-state index in [1.54, 1.807) is 11.8 Å². The Balaban J connectivity index is 1.97. The number of thioether (sulfide) groups is 1. The molecule has 0 saturated carbocycles. The number of para-hydroxylation sites is 2. The SMILES string of the molecule is SCCCCSc1nc2ccccc2o1. The molecule has 0 aliphatic heterocycles. The van der Waals surface area contributed by atoms with E-state index in [4.69, 9.17) is 4.42 Å². The number of thiol groups is 1. The maximum absolute atomic E-state index is 5.58. The summed E-state index contributed by atoms with van der Waals surface area (Å²) >= 11 is 5.85. The van der Waals surface area contributed by atoms with Crippen LogP contribution in [0.25, 0.3) is 11.1 Å². The number of nitrogens with zero attached hydrogens (tertiary/aromatic N) is 1. The molecule has 0 aliphatic rings. The summed E-state index contributed by atoms with van der Waals surface area (Å²) in [6.07, 6.45) is 2.31. The van der Waals surface area contributed by atoms with E-state index in [1.807, 2.05) is 24.3 Å². The number of rotatable bonds is 5. The first-order valence-electron chi connectivity index (χ1n) is 4.99. The summed E-state index contributed by atoms with van der Waals surface area (Å²) in [6, 6.07) is 7.85. The molecule has 0 N–H and O–H groups in total. The highest BCUT2D eigenvalue weighted by Crippen LogP contribution is 2.23. The third-order valence-electron chi connectivity index (χ3n) is 2.05. The average Bonchev–Trinajstić information content (AvgIpc) is 2.67. The van der Waals surface area contributed by atoms with Crippen LogP contribution in [0.2, 0.25) is 0 Å². The lowest BCUT2D eigenvalue weighted by atomic mass is 10.3.